The molecule has 3 heterocycles. The van der Waals surface area contributed by atoms with Crippen molar-refractivity contribution in [1.82, 2.24) is 15.2 Å². The van der Waals surface area contributed by atoms with Gasteiger partial charge in [0.2, 0.25) is 0 Å². The van der Waals surface area contributed by atoms with Gasteiger partial charge in [-0.05, 0) is 53.0 Å². The van der Waals surface area contributed by atoms with Crippen molar-refractivity contribution in [2.45, 2.75) is 6.54 Å². The molecule has 0 spiro atoms. The number of nitrogens with one attached hydrogen (secondary N) is 1. The molecule has 3 nitrogen and oxygen atoms in total. The molecule has 0 aliphatic carbocycles. The van der Waals surface area contributed by atoms with Gasteiger partial charge in [-0.1, -0.05) is 0 Å². The average molecular weight is 319 g/mol. The van der Waals surface area contributed by atoms with Crippen LogP contribution in [0.5, 0.6) is 0 Å². The van der Waals surface area contributed by atoms with Crippen LogP contribution in [0.15, 0.2) is 22.8 Å². The zero-order valence-corrected chi connectivity index (χ0v) is 12.0. The number of fused-ring (bicyclic) bond motifs is 1. The minimum absolute atomic E-state index is 0. The molecule has 3 rings (SSSR count). The lowest BCUT2D eigenvalue weighted by Crippen LogP contribution is -2.25. The van der Waals surface area contributed by atoms with E-state index >= 15 is 0 Å². The summed E-state index contributed by atoms with van der Waals surface area (Å²) in [7, 11) is 0. The summed E-state index contributed by atoms with van der Waals surface area (Å²) in [6, 6.07) is 4.18. The number of nitrogens with zero attached hydrogens (tertiary/aromatic N) is 2. The molecule has 1 aromatic rings. The minimum Gasteiger partial charge on any atom is -0.316 e. The lowest BCUT2D eigenvalue weighted by Gasteiger charge is -2.16. The Morgan fingerprint density at radius 2 is 2.00 bits per heavy atom. The van der Waals surface area contributed by atoms with Gasteiger partial charge in [0.05, 0.1) is 5.69 Å². The fourth-order valence-electron chi connectivity index (χ4n) is 2.81. The van der Waals surface area contributed by atoms with Gasteiger partial charge in [0.25, 0.3) is 0 Å². The Kier molecular flexibility index (Phi) is 4.42. The third-order valence-electron chi connectivity index (χ3n) is 3.64. The third kappa shape index (κ3) is 2.99. The molecule has 0 aromatic carbocycles. The number of halogens is 2. The highest BCUT2D eigenvalue weighted by Gasteiger charge is 2.35. The number of aromatic nitrogens is 1. The highest BCUT2D eigenvalue weighted by Crippen LogP contribution is 2.27. The SMILES string of the molecule is Brc1ccc(CN2C[C@H]3CNC[C@H]3C2)nc1.Cl. The number of hydrogen-bond acceptors (Lipinski definition) is 3. The first-order valence-electron chi connectivity index (χ1n) is 5.85. The second-order valence-corrected chi connectivity index (χ2v) is 5.76. The topological polar surface area (TPSA) is 28.2 Å². The molecule has 1 aromatic heterocycles. The van der Waals surface area contributed by atoms with Crippen molar-refractivity contribution in [3.05, 3.63) is 28.5 Å². The van der Waals surface area contributed by atoms with Gasteiger partial charge in [-0.25, -0.2) is 0 Å². The van der Waals surface area contributed by atoms with Crippen molar-refractivity contribution in [3.8, 4) is 0 Å². The lowest BCUT2D eigenvalue weighted by atomic mass is 10.0. The van der Waals surface area contributed by atoms with E-state index in [9.17, 15) is 0 Å². The number of hydrogen-bond donors (Lipinski definition) is 1. The Morgan fingerprint density at radius 3 is 2.59 bits per heavy atom. The Balaban J connectivity index is 0.00000108. The Morgan fingerprint density at radius 1 is 1.29 bits per heavy atom. The molecule has 2 aliphatic rings. The smallest absolute Gasteiger partial charge is 0.0544 e. The maximum atomic E-state index is 4.43. The van der Waals surface area contributed by atoms with E-state index < -0.39 is 0 Å². The zero-order chi connectivity index (χ0) is 11.0. The molecular formula is C12H17BrClN3. The molecule has 17 heavy (non-hydrogen) atoms. The van der Waals surface area contributed by atoms with Gasteiger partial charge in [0.1, 0.15) is 0 Å². The van der Waals surface area contributed by atoms with Crippen LogP contribution in [0.25, 0.3) is 0 Å². The van der Waals surface area contributed by atoms with E-state index in [4.69, 9.17) is 0 Å². The van der Waals surface area contributed by atoms with Gasteiger partial charge < -0.3 is 5.32 Å². The zero-order valence-electron chi connectivity index (χ0n) is 9.60. The molecule has 94 valence electrons. The van der Waals surface area contributed by atoms with Crippen LogP contribution in [0, 0.1) is 11.8 Å². The van der Waals surface area contributed by atoms with E-state index in [1.54, 1.807) is 0 Å². The molecule has 0 saturated carbocycles. The molecule has 0 amide bonds. The number of likely N-dealkylation sites (tertiary alicyclic amines) is 1. The predicted octanol–water partition coefficient (Wildman–Crippen LogP) is 1.92. The summed E-state index contributed by atoms with van der Waals surface area (Å²) in [4.78, 5) is 6.97. The number of rotatable bonds is 2. The molecule has 1 N–H and O–H groups in total. The van der Waals surface area contributed by atoms with Gasteiger partial charge in [-0.2, -0.15) is 0 Å². The Hall–Kier alpha value is -0.160. The van der Waals surface area contributed by atoms with Gasteiger partial charge >= 0.3 is 0 Å². The van der Waals surface area contributed by atoms with Gasteiger partial charge in [-0.3, -0.25) is 9.88 Å². The van der Waals surface area contributed by atoms with Crippen LogP contribution < -0.4 is 5.32 Å². The van der Waals surface area contributed by atoms with Crippen molar-refractivity contribution in [2.75, 3.05) is 26.2 Å². The van der Waals surface area contributed by atoms with Gasteiger partial charge in [-0.15, -0.1) is 12.4 Å². The first kappa shape index (κ1) is 13.3. The van der Waals surface area contributed by atoms with Gasteiger partial charge in [0.15, 0.2) is 0 Å². The molecule has 0 bridgehead atoms. The van der Waals surface area contributed by atoms with Crippen LogP contribution in [0.2, 0.25) is 0 Å². The molecule has 0 unspecified atom stereocenters. The highest BCUT2D eigenvalue weighted by molar-refractivity contribution is 9.10. The maximum absolute atomic E-state index is 4.43. The van der Waals surface area contributed by atoms with Crippen LogP contribution in [0.1, 0.15) is 5.69 Å². The molecular weight excluding hydrogens is 302 g/mol. The van der Waals surface area contributed by atoms with Crippen molar-refractivity contribution in [1.29, 1.82) is 0 Å². The molecule has 2 aliphatic heterocycles. The second kappa shape index (κ2) is 5.65. The van der Waals surface area contributed by atoms with Crippen LogP contribution in [0.3, 0.4) is 0 Å². The van der Waals surface area contributed by atoms with E-state index in [0.29, 0.717) is 0 Å². The maximum Gasteiger partial charge on any atom is 0.0544 e. The summed E-state index contributed by atoms with van der Waals surface area (Å²) < 4.78 is 1.05. The van der Waals surface area contributed by atoms with Crippen LogP contribution in [-0.4, -0.2) is 36.1 Å². The average Bonchev–Trinajstić information content (AvgIpc) is 2.81. The quantitative estimate of drug-likeness (QED) is 0.903. The molecule has 2 fully saturated rings. The highest BCUT2D eigenvalue weighted by atomic mass is 79.9. The largest absolute Gasteiger partial charge is 0.316 e. The van der Waals surface area contributed by atoms with Crippen molar-refractivity contribution >= 4 is 28.3 Å². The first-order chi connectivity index (χ1) is 7.81. The molecule has 0 radical (unpaired) electrons. The van der Waals surface area contributed by atoms with Gasteiger partial charge in [0, 0.05) is 30.3 Å². The summed E-state index contributed by atoms with van der Waals surface area (Å²) >= 11 is 3.41. The Labute approximate surface area is 117 Å². The van der Waals surface area contributed by atoms with Crippen molar-refractivity contribution in [2.24, 2.45) is 11.8 Å². The fourth-order valence-corrected chi connectivity index (χ4v) is 3.05. The first-order valence-corrected chi connectivity index (χ1v) is 6.64. The molecule has 5 heteroatoms. The minimum atomic E-state index is 0. The molecule has 2 saturated heterocycles. The van der Waals surface area contributed by atoms with E-state index in [1.807, 2.05) is 6.20 Å². The van der Waals surface area contributed by atoms with Crippen molar-refractivity contribution in [3.63, 3.8) is 0 Å². The van der Waals surface area contributed by atoms with E-state index in [0.717, 1.165) is 22.9 Å². The summed E-state index contributed by atoms with van der Waals surface area (Å²) in [6.45, 7) is 5.87. The predicted molar refractivity (Wildman–Crippen MR) is 74.3 cm³/mol. The second-order valence-electron chi connectivity index (χ2n) is 4.84. The fraction of sp³-hybridized carbons (Fsp3) is 0.583. The molecule has 2 atom stereocenters. The van der Waals surface area contributed by atoms with Crippen LogP contribution in [-0.2, 0) is 6.54 Å². The summed E-state index contributed by atoms with van der Waals surface area (Å²) in [5.41, 5.74) is 1.18. The van der Waals surface area contributed by atoms with Crippen LogP contribution >= 0.6 is 28.3 Å². The van der Waals surface area contributed by atoms with E-state index in [1.165, 1.54) is 31.9 Å². The standard InChI is InChI=1S/C12H16BrN3.ClH/c13-11-1-2-12(15-5-11)8-16-6-9-3-14-4-10(9)7-16;/h1-2,5,9-10,14H,3-4,6-8H2;1H/t9-,10+;. The van der Waals surface area contributed by atoms with E-state index in [-0.39, 0.29) is 12.4 Å². The van der Waals surface area contributed by atoms with Crippen LogP contribution in [0.4, 0.5) is 0 Å². The van der Waals surface area contributed by atoms with E-state index in [2.05, 4.69) is 43.3 Å². The van der Waals surface area contributed by atoms with Crippen molar-refractivity contribution < 1.29 is 0 Å². The number of pyridine rings is 1. The summed E-state index contributed by atoms with van der Waals surface area (Å²) in [6.07, 6.45) is 1.88. The third-order valence-corrected chi connectivity index (χ3v) is 4.11. The Bertz CT molecular complexity index is 359. The monoisotopic (exact) mass is 317 g/mol. The summed E-state index contributed by atoms with van der Waals surface area (Å²) in [5, 5.41) is 3.47. The lowest BCUT2D eigenvalue weighted by molar-refractivity contribution is 0.302. The normalized spacial score (nSPS) is 27.8. The summed E-state index contributed by atoms with van der Waals surface area (Å²) in [5.74, 6) is 1.74.